The number of nitrogens with zero attached hydrogens (tertiary/aromatic N) is 4. The zero-order chi connectivity index (χ0) is 24.5. The Morgan fingerprint density at radius 1 is 1.32 bits per heavy atom. The summed E-state index contributed by atoms with van der Waals surface area (Å²) in [6, 6.07) is 4.91. The number of ether oxygens (including phenoxy) is 1. The van der Waals surface area contributed by atoms with E-state index in [-0.39, 0.29) is 24.4 Å². The van der Waals surface area contributed by atoms with E-state index >= 15 is 0 Å². The van der Waals surface area contributed by atoms with Gasteiger partial charge >= 0.3 is 7.75 Å². The smallest absolute Gasteiger partial charge is 0.432 e. The second kappa shape index (κ2) is 9.62. The van der Waals surface area contributed by atoms with Crippen molar-refractivity contribution in [3.63, 3.8) is 0 Å². The fraction of sp³-hybridized carbons (Fsp3) is 0.368. The lowest BCUT2D eigenvalue weighted by atomic mass is 10.1. The summed E-state index contributed by atoms with van der Waals surface area (Å²) in [6.45, 7) is -0.470. The summed E-state index contributed by atoms with van der Waals surface area (Å²) < 4.78 is 24.6. The molecule has 1 aliphatic rings. The minimum absolute atomic E-state index is 0.0622. The van der Waals surface area contributed by atoms with Crippen molar-refractivity contribution in [1.29, 1.82) is 0 Å². The highest BCUT2D eigenvalue weighted by Crippen LogP contribution is 2.39. The first-order valence-corrected chi connectivity index (χ1v) is 11.8. The lowest BCUT2D eigenvalue weighted by Gasteiger charge is -2.20. The van der Waals surface area contributed by atoms with E-state index in [9.17, 15) is 24.5 Å². The molecule has 0 spiro atoms. The predicted molar refractivity (Wildman–Crippen MR) is 118 cm³/mol. The molecule has 0 saturated carbocycles. The van der Waals surface area contributed by atoms with Crippen molar-refractivity contribution in [1.82, 2.24) is 24.6 Å². The highest BCUT2D eigenvalue weighted by molar-refractivity contribution is 7.51. The molecule has 34 heavy (non-hydrogen) atoms. The van der Waals surface area contributed by atoms with Gasteiger partial charge in [0.1, 0.15) is 29.9 Å². The molecule has 15 heteroatoms. The van der Waals surface area contributed by atoms with E-state index in [0.717, 1.165) is 0 Å². The Bertz CT molecular complexity index is 1220. The standard InChI is InChI=1S/C19H24N7O7P/c20-12(5-10-1-3-11(27)4-2-10)19(29)25-34(30,31)32-7-14-13(28)6-15(33-14)26-9-24-16-17(21)22-8-23-18(16)26/h1-4,8-9,12-15,27-28H,5-7,20H2,(H2,21,22,23)(H2,25,29,30,31)/t12-,13-,14+,15+/m0/s1. The third-order valence-corrected chi connectivity index (χ3v) is 6.30. The second-order valence-electron chi connectivity index (χ2n) is 7.78. The summed E-state index contributed by atoms with van der Waals surface area (Å²) in [6.07, 6.45) is 0.295. The summed E-state index contributed by atoms with van der Waals surface area (Å²) >= 11 is 0. The highest BCUT2D eigenvalue weighted by Gasteiger charge is 2.38. The fourth-order valence-corrected chi connectivity index (χ4v) is 4.38. The van der Waals surface area contributed by atoms with E-state index in [1.165, 1.54) is 24.8 Å². The number of phenols is 1. The number of fused-ring (bicyclic) bond motifs is 1. The largest absolute Gasteiger partial charge is 0.508 e. The quantitative estimate of drug-likeness (QED) is 0.220. The molecule has 2 aromatic heterocycles. The van der Waals surface area contributed by atoms with E-state index in [2.05, 4.69) is 15.0 Å². The molecule has 1 unspecified atom stereocenters. The summed E-state index contributed by atoms with van der Waals surface area (Å²) in [7, 11) is -4.59. The van der Waals surface area contributed by atoms with Gasteiger partial charge in [-0.1, -0.05) is 12.1 Å². The lowest BCUT2D eigenvalue weighted by molar-refractivity contribution is -0.121. The first kappa shape index (κ1) is 24.0. The van der Waals surface area contributed by atoms with Crippen LogP contribution in [0.3, 0.4) is 0 Å². The van der Waals surface area contributed by atoms with Crippen LogP contribution < -0.4 is 16.6 Å². The van der Waals surface area contributed by atoms with Gasteiger partial charge in [0.05, 0.1) is 25.1 Å². The van der Waals surface area contributed by atoms with Gasteiger partial charge in [0, 0.05) is 6.42 Å². The number of rotatable bonds is 8. The molecule has 182 valence electrons. The first-order valence-electron chi connectivity index (χ1n) is 10.2. The molecule has 1 aliphatic heterocycles. The van der Waals surface area contributed by atoms with Gasteiger partial charge in [-0.3, -0.25) is 19.0 Å². The average Bonchev–Trinajstić information content (AvgIpc) is 3.37. The molecule has 0 radical (unpaired) electrons. The van der Waals surface area contributed by atoms with Crippen LogP contribution in [0, 0.1) is 0 Å². The molecule has 8 N–H and O–H groups in total. The number of aromatic hydroxyl groups is 1. The van der Waals surface area contributed by atoms with E-state index < -0.39 is 44.7 Å². The van der Waals surface area contributed by atoms with Gasteiger partial charge in [0.2, 0.25) is 5.91 Å². The van der Waals surface area contributed by atoms with Crippen molar-refractivity contribution in [2.75, 3.05) is 12.3 Å². The number of nitrogens with two attached hydrogens (primary N) is 2. The summed E-state index contributed by atoms with van der Waals surface area (Å²) in [5, 5.41) is 21.5. The van der Waals surface area contributed by atoms with Gasteiger partial charge in [-0.15, -0.1) is 0 Å². The minimum atomic E-state index is -4.59. The monoisotopic (exact) mass is 493 g/mol. The van der Waals surface area contributed by atoms with Crippen molar-refractivity contribution >= 4 is 30.6 Å². The van der Waals surface area contributed by atoms with Gasteiger partial charge in [0.15, 0.2) is 11.5 Å². The molecule has 1 fully saturated rings. The maximum Gasteiger partial charge on any atom is 0.432 e. The maximum atomic E-state index is 12.3. The SMILES string of the molecule is Nc1ncnc2c1ncn2[C@H]1C[C@H](O)[C@@H](COP(=O)(O)NC(=O)[C@@H](N)Cc2ccc(O)cc2)O1. The Morgan fingerprint density at radius 2 is 2.06 bits per heavy atom. The number of phenolic OH excluding ortho intramolecular Hbond substituents is 1. The van der Waals surface area contributed by atoms with Crippen LogP contribution in [0.4, 0.5) is 5.82 Å². The fourth-order valence-electron chi connectivity index (χ4n) is 3.52. The average molecular weight is 493 g/mol. The van der Waals surface area contributed by atoms with E-state index in [1.807, 2.05) is 5.09 Å². The number of imidazole rings is 1. The van der Waals surface area contributed by atoms with Crippen LogP contribution in [-0.2, 0) is 25.0 Å². The van der Waals surface area contributed by atoms with Crippen LogP contribution in [0.1, 0.15) is 18.2 Å². The van der Waals surface area contributed by atoms with Crippen LogP contribution >= 0.6 is 7.75 Å². The van der Waals surface area contributed by atoms with Gasteiger partial charge in [-0.05, 0) is 24.1 Å². The molecule has 14 nitrogen and oxygen atoms in total. The molecule has 0 aliphatic carbocycles. The number of benzene rings is 1. The molecular formula is C19H24N7O7P. The summed E-state index contributed by atoms with van der Waals surface area (Å²) in [5.41, 5.74) is 13.0. The molecule has 5 atom stereocenters. The molecule has 1 aromatic carbocycles. The Kier molecular flexibility index (Phi) is 6.79. The molecule has 4 rings (SSSR count). The number of nitrogen functional groups attached to an aromatic ring is 1. The Balaban J connectivity index is 1.32. The maximum absolute atomic E-state index is 12.3. The lowest BCUT2D eigenvalue weighted by Crippen LogP contribution is -2.41. The molecule has 1 amide bonds. The van der Waals surface area contributed by atoms with Gasteiger partial charge in [-0.25, -0.2) is 19.5 Å². The van der Waals surface area contributed by atoms with Gasteiger partial charge in [-0.2, -0.15) is 0 Å². The number of carbonyl (C=O) groups excluding carboxylic acids is 1. The Morgan fingerprint density at radius 3 is 2.79 bits per heavy atom. The summed E-state index contributed by atoms with van der Waals surface area (Å²) in [5.74, 6) is -0.637. The van der Waals surface area contributed by atoms with Gasteiger partial charge < -0.3 is 31.3 Å². The van der Waals surface area contributed by atoms with Crippen LogP contribution in [0.2, 0.25) is 0 Å². The number of anilines is 1. The number of carbonyl (C=O) groups is 1. The Hall–Kier alpha value is -3.13. The number of aliphatic hydroxyl groups excluding tert-OH is 1. The van der Waals surface area contributed by atoms with Crippen molar-refractivity contribution in [3.8, 4) is 5.75 Å². The number of aliphatic hydroxyl groups is 1. The summed E-state index contributed by atoms with van der Waals surface area (Å²) in [4.78, 5) is 34.4. The molecule has 0 bridgehead atoms. The van der Waals surface area contributed by atoms with Crippen LogP contribution in [0.25, 0.3) is 11.2 Å². The topological polar surface area (TPSA) is 221 Å². The number of amides is 1. The first-order chi connectivity index (χ1) is 16.1. The van der Waals surface area contributed by atoms with Crippen molar-refractivity contribution in [3.05, 3.63) is 42.5 Å². The van der Waals surface area contributed by atoms with Crippen LogP contribution in [0.15, 0.2) is 36.9 Å². The predicted octanol–water partition coefficient (Wildman–Crippen LogP) is -0.434. The zero-order valence-corrected chi connectivity index (χ0v) is 18.7. The van der Waals surface area contributed by atoms with E-state index in [0.29, 0.717) is 16.7 Å². The number of aromatic nitrogens is 4. The van der Waals surface area contributed by atoms with Gasteiger partial charge in [0.25, 0.3) is 0 Å². The van der Waals surface area contributed by atoms with Crippen molar-refractivity contribution in [2.24, 2.45) is 5.73 Å². The number of nitrogens with one attached hydrogen (secondary N) is 1. The van der Waals surface area contributed by atoms with Crippen LogP contribution in [-0.4, -0.2) is 65.4 Å². The Labute approximate surface area is 193 Å². The molecule has 3 aromatic rings. The molecular weight excluding hydrogens is 469 g/mol. The highest BCUT2D eigenvalue weighted by atomic mass is 31.2. The van der Waals surface area contributed by atoms with Crippen LogP contribution in [0.5, 0.6) is 5.75 Å². The third-order valence-electron chi connectivity index (χ3n) is 5.30. The molecule has 1 saturated heterocycles. The van der Waals surface area contributed by atoms with Crippen molar-refractivity contribution in [2.45, 2.75) is 37.3 Å². The minimum Gasteiger partial charge on any atom is -0.508 e. The number of hydrogen-bond acceptors (Lipinski definition) is 11. The number of hydrogen-bond donors (Lipinski definition) is 6. The second-order valence-corrected chi connectivity index (χ2v) is 9.31. The molecule has 3 heterocycles. The van der Waals surface area contributed by atoms with Crippen molar-refractivity contribution < 1.29 is 33.7 Å². The third kappa shape index (κ3) is 5.33. The zero-order valence-electron chi connectivity index (χ0n) is 17.8. The normalized spacial score (nSPS) is 23.0. The van der Waals surface area contributed by atoms with E-state index in [1.54, 1.807) is 16.7 Å². The van der Waals surface area contributed by atoms with E-state index in [4.69, 9.17) is 20.7 Å².